The minimum atomic E-state index is -0.0992. The number of rotatable bonds is 5. The SMILES string of the molecule is CCOc1cccc(C(NN)C2=CCCO2)c1. The van der Waals surface area contributed by atoms with Crippen molar-refractivity contribution in [1.29, 1.82) is 0 Å². The number of hydrogen-bond acceptors (Lipinski definition) is 4. The van der Waals surface area contributed by atoms with Gasteiger partial charge in [-0.05, 0) is 30.7 Å². The van der Waals surface area contributed by atoms with Gasteiger partial charge in [-0.3, -0.25) is 5.84 Å². The molecule has 0 amide bonds. The molecule has 0 fully saturated rings. The molecule has 4 nitrogen and oxygen atoms in total. The lowest BCUT2D eigenvalue weighted by Crippen LogP contribution is -2.29. The number of hydrazine groups is 1. The van der Waals surface area contributed by atoms with Gasteiger partial charge in [-0.25, -0.2) is 5.43 Å². The molecule has 2 rings (SSSR count). The fraction of sp³-hybridized carbons (Fsp3) is 0.385. The summed E-state index contributed by atoms with van der Waals surface area (Å²) in [6.45, 7) is 3.36. The zero-order chi connectivity index (χ0) is 12.1. The highest BCUT2D eigenvalue weighted by molar-refractivity contribution is 5.34. The number of nitrogens with two attached hydrogens (primary N) is 1. The first-order chi connectivity index (χ1) is 8.35. The van der Waals surface area contributed by atoms with E-state index in [1.807, 2.05) is 31.2 Å². The van der Waals surface area contributed by atoms with Crippen molar-refractivity contribution >= 4 is 0 Å². The van der Waals surface area contributed by atoms with E-state index in [0.717, 1.165) is 30.1 Å². The van der Waals surface area contributed by atoms with E-state index in [1.165, 1.54) is 0 Å². The van der Waals surface area contributed by atoms with Gasteiger partial charge in [0.25, 0.3) is 0 Å². The van der Waals surface area contributed by atoms with Crippen LogP contribution in [0.1, 0.15) is 24.9 Å². The fourth-order valence-corrected chi connectivity index (χ4v) is 1.93. The third kappa shape index (κ3) is 2.78. The predicted octanol–water partition coefficient (Wildman–Crippen LogP) is 1.89. The van der Waals surface area contributed by atoms with Crippen LogP contribution < -0.4 is 16.0 Å². The lowest BCUT2D eigenvalue weighted by atomic mass is 10.1. The third-order valence-electron chi connectivity index (χ3n) is 2.69. The summed E-state index contributed by atoms with van der Waals surface area (Å²) in [7, 11) is 0. The number of ether oxygens (including phenoxy) is 2. The Hall–Kier alpha value is -1.52. The van der Waals surface area contributed by atoms with Gasteiger partial charge in [-0.15, -0.1) is 0 Å². The Kier molecular flexibility index (Phi) is 4.01. The molecule has 1 unspecified atom stereocenters. The molecule has 1 heterocycles. The smallest absolute Gasteiger partial charge is 0.119 e. The van der Waals surface area contributed by atoms with Crippen LogP contribution in [0.3, 0.4) is 0 Å². The molecule has 0 saturated carbocycles. The lowest BCUT2D eigenvalue weighted by Gasteiger charge is -2.18. The van der Waals surface area contributed by atoms with E-state index in [4.69, 9.17) is 15.3 Å². The standard InChI is InChI=1S/C13H18N2O2/c1-2-16-11-6-3-5-10(9-11)13(15-14)12-7-4-8-17-12/h3,5-7,9,13,15H,2,4,8,14H2,1H3. The second kappa shape index (κ2) is 5.70. The van der Waals surface area contributed by atoms with Crippen LogP contribution in [0.2, 0.25) is 0 Å². The Bertz CT molecular complexity index is 404. The molecule has 0 saturated heterocycles. The Morgan fingerprint density at radius 3 is 3.06 bits per heavy atom. The molecule has 0 aromatic heterocycles. The highest BCUT2D eigenvalue weighted by Crippen LogP contribution is 2.27. The van der Waals surface area contributed by atoms with E-state index in [1.54, 1.807) is 0 Å². The Morgan fingerprint density at radius 1 is 1.53 bits per heavy atom. The molecule has 0 spiro atoms. The maximum atomic E-state index is 5.60. The molecule has 0 bridgehead atoms. The summed E-state index contributed by atoms with van der Waals surface area (Å²) < 4.78 is 11.0. The molecule has 3 N–H and O–H groups in total. The van der Waals surface area contributed by atoms with Crippen LogP contribution in [0.25, 0.3) is 0 Å². The summed E-state index contributed by atoms with van der Waals surface area (Å²) in [6.07, 6.45) is 3.01. The van der Waals surface area contributed by atoms with Gasteiger partial charge in [0.15, 0.2) is 0 Å². The molecule has 0 aliphatic carbocycles. The maximum Gasteiger partial charge on any atom is 0.119 e. The molecule has 0 radical (unpaired) electrons. The monoisotopic (exact) mass is 234 g/mol. The van der Waals surface area contributed by atoms with E-state index < -0.39 is 0 Å². The summed E-state index contributed by atoms with van der Waals surface area (Å²) >= 11 is 0. The molecule has 1 aromatic rings. The van der Waals surface area contributed by atoms with Crippen LogP contribution >= 0.6 is 0 Å². The number of hydrogen-bond donors (Lipinski definition) is 2. The molecule has 17 heavy (non-hydrogen) atoms. The first-order valence-electron chi connectivity index (χ1n) is 5.87. The zero-order valence-electron chi connectivity index (χ0n) is 9.98. The highest BCUT2D eigenvalue weighted by atomic mass is 16.5. The van der Waals surface area contributed by atoms with Crippen LogP contribution in [-0.4, -0.2) is 13.2 Å². The van der Waals surface area contributed by atoms with E-state index in [-0.39, 0.29) is 6.04 Å². The average molecular weight is 234 g/mol. The third-order valence-corrected chi connectivity index (χ3v) is 2.69. The van der Waals surface area contributed by atoms with Crippen LogP contribution in [0.5, 0.6) is 5.75 Å². The van der Waals surface area contributed by atoms with E-state index in [0.29, 0.717) is 6.61 Å². The normalized spacial score (nSPS) is 16.2. The van der Waals surface area contributed by atoms with Gasteiger partial charge in [-0.1, -0.05) is 12.1 Å². The number of nitrogens with one attached hydrogen (secondary N) is 1. The molecule has 1 atom stereocenters. The van der Waals surface area contributed by atoms with Crippen molar-refractivity contribution in [3.05, 3.63) is 41.7 Å². The topological polar surface area (TPSA) is 56.5 Å². The van der Waals surface area contributed by atoms with Gasteiger partial charge in [0.2, 0.25) is 0 Å². The molecule has 1 aromatic carbocycles. The average Bonchev–Trinajstić information content (AvgIpc) is 2.85. The quantitative estimate of drug-likeness (QED) is 0.603. The van der Waals surface area contributed by atoms with Gasteiger partial charge in [0, 0.05) is 6.42 Å². The summed E-state index contributed by atoms with van der Waals surface area (Å²) in [6, 6.07) is 7.79. The largest absolute Gasteiger partial charge is 0.496 e. The van der Waals surface area contributed by atoms with E-state index >= 15 is 0 Å². The zero-order valence-corrected chi connectivity index (χ0v) is 9.98. The van der Waals surface area contributed by atoms with Crippen molar-refractivity contribution < 1.29 is 9.47 Å². The van der Waals surface area contributed by atoms with Gasteiger partial charge in [-0.2, -0.15) is 0 Å². The van der Waals surface area contributed by atoms with Crippen molar-refractivity contribution in [2.24, 2.45) is 5.84 Å². The lowest BCUT2D eigenvalue weighted by molar-refractivity contribution is 0.215. The van der Waals surface area contributed by atoms with Gasteiger partial charge < -0.3 is 9.47 Å². The van der Waals surface area contributed by atoms with Crippen molar-refractivity contribution in [3.63, 3.8) is 0 Å². The Labute approximate surface area is 101 Å². The second-order valence-corrected chi connectivity index (χ2v) is 3.85. The summed E-state index contributed by atoms with van der Waals surface area (Å²) in [5, 5.41) is 0. The van der Waals surface area contributed by atoms with Crippen LogP contribution in [0.15, 0.2) is 36.1 Å². The van der Waals surface area contributed by atoms with Crippen LogP contribution in [-0.2, 0) is 4.74 Å². The molecule has 92 valence electrons. The molecule has 4 heteroatoms. The summed E-state index contributed by atoms with van der Waals surface area (Å²) in [5.74, 6) is 7.34. The van der Waals surface area contributed by atoms with Crippen molar-refractivity contribution in [2.75, 3.05) is 13.2 Å². The summed E-state index contributed by atoms with van der Waals surface area (Å²) in [4.78, 5) is 0. The first kappa shape index (κ1) is 12.0. The van der Waals surface area contributed by atoms with Crippen molar-refractivity contribution in [3.8, 4) is 5.75 Å². The highest BCUT2D eigenvalue weighted by Gasteiger charge is 2.19. The number of benzene rings is 1. The van der Waals surface area contributed by atoms with Crippen molar-refractivity contribution in [2.45, 2.75) is 19.4 Å². The minimum absolute atomic E-state index is 0.0992. The summed E-state index contributed by atoms with van der Waals surface area (Å²) in [5.41, 5.74) is 3.83. The Morgan fingerprint density at radius 2 is 2.41 bits per heavy atom. The molecule has 1 aliphatic rings. The van der Waals surface area contributed by atoms with Gasteiger partial charge >= 0.3 is 0 Å². The maximum absolute atomic E-state index is 5.60. The second-order valence-electron chi connectivity index (χ2n) is 3.85. The van der Waals surface area contributed by atoms with E-state index in [2.05, 4.69) is 11.5 Å². The van der Waals surface area contributed by atoms with Gasteiger partial charge in [0.05, 0.1) is 13.2 Å². The fourth-order valence-electron chi connectivity index (χ4n) is 1.93. The predicted molar refractivity (Wildman–Crippen MR) is 66.3 cm³/mol. The van der Waals surface area contributed by atoms with E-state index in [9.17, 15) is 0 Å². The van der Waals surface area contributed by atoms with Crippen molar-refractivity contribution in [1.82, 2.24) is 5.43 Å². The molecule has 1 aliphatic heterocycles. The minimum Gasteiger partial charge on any atom is -0.496 e. The van der Waals surface area contributed by atoms with Crippen LogP contribution in [0.4, 0.5) is 0 Å². The first-order valence-corrected chi connectivity index (χ1v) is 5.87. The van der Waals surface area contributed by atoms with Gasteiger partial charge in [0.1, 0.15) is 17.6 Å². The molecular weight excluding hydrogens is 216 g/mol. The molecular formula is C13H18N2O2. The van der Waals surface area contributed by atoms with Crippen LogP contribution in [0, 0.1) is 0 Å². The Balaban J connectivity index is 2.21.